The van der Waals surface area contributed by atoms with E-state index in [4.69, 9.17) is 17.3 Å². The van der Waals surface area contributed by atoms with Crippen molar-refractivity contribution in [3.8, 4) is 0 Å². The zero-order valence-electron chi connectivity index (χ0n) is 11.3. The topological polar surface area (TPSA) is 47.4 Å². The summed E-state index contributed by atoms with van der Waals surface area (Å²) in [5.41, 5.74) is 0. The number of nitrogens with one attached hydrogen (secondary N) is 1. The second-order valence-electron chi connectivity index (χ2n) is 5.82. The minimum atomic E-state index is -0.154. The highest BCUT2D eigenvalue weighted by molar-refractivity contribution is 7.71. The molecular formula is C13H23N4OS+. The average Bonchev–Trinajstić information content (AvgIpc) is 2.58. The fraction of sp³-hybridized carbons (Fsp3) is 0.846. The summed E-state index contributed by atoms with van der Waals surface area (Å²) in [7, 11) is 0. The predicted octanol–water partition coefficient (Wildman–Crippen LogP) is 0.138. The highest BCUT2D eigenvalue weighted by Gasteiger charge is 2.23. The molecule has 3 rings (SSSR count). The van der Waals surface area contributed by atoms with Crippen molar-refractivity contribution in [3.63, 3.8) is 0 Å². The number of nitrogens with zero attached hydrogens (tertiary/aromatic N) is 3. The van der Waals surface area contributed by atoms with E-state index in [2.05, 4.69) is 4.57 Å². The number of aryl methyl sites for hydroxylation is 1. The lowest BCUT2D eigenvalue weighted by atomic mass is 10.1. The lowest BCUT2D eigenvalue weighted by Crippen LogP contribution is -3.13. The maximum atomic E-state index is 9.74. The Morgan fingerprint density at radius 3 is 3.05 bits per heavy atom. The Labute approximate surface area is 118 Å². The normalized spacial score (nSPS) is 27.8. The molecule has 0 radical (unpaired) electrons. The second kappa shape index (κ2) is 5.73. The zero-order valence-corrected chi connectivity index (χ0v) is 12.2. The molecule has 1 fully saturated rings. The van der Waals surface area contributed by atoms with Crippen LogP contribution in [0.15, 0.2) is 0 Å². The van der Waals surface area contributed by atoms with Crippen molar-refractivity contribution in [1.82, 2.24) is 14.3 Å². The van der Waals surface area contributed by atoms with Crippen molar-refractivity contribution >= 4 is 12.2 Å². The Morgan fingerprint density at radius 1 is 1.32 bits per heavy atom. The van der Waals surface area contributed by atoms with Gasteiger partial charge in [-0.1, -0.05) is 6.42 Å². The standard InChI is InChI=1S/C13H22N4OS/c18-11-5-4-7-15(9-11)10-17-13(19)16-8-3-1-2-6-12(16)14-17/h11,18H,1-10H2/p+1/t11-/m1/s1. The van der Waals surface area contributed by atoms with Gasteiger partial charge in [-0.3, -0.25) is 0 Å². The van der Waals surface area contributed by atoms with E-state index < -0.39 is 0 Å². The van der Waals surface area contributed by atoms with Crippen molar-refractivity contribution < 1.29 is 10.0 Å². The minimum absolute atomic E-state index is 0.154. The quantitative estimate of drug-likeness (QED) is 0.759. The Hall–Kier alpha value is -0.720. The van der Waals surface area contributed by atoms with E-state index in [9.17, 15) is 5.11 Å². The minimum Gasteiger partial charge on any atom is -0.387 e. The molecule has 0 aliphatic carbocycles. The van der Waals surface area contributed by atoms with Gasteiger partial charge in [0, 0.05) is 13.0 Å². The first-order valence-corrected chi connectivity index (χ1v) is 7.83. The van der Waals surface area contributed by atoms with Crippen LogP contribution < -0.4 is 4.90 Å². The van der Waals surface area contributed by atoms with E-state index in [-0.39, 0.29) is 6.10 Å². The number of hydrogen-bond donors (Lipinski definition) is 2. The number of aromatic nitrogens is 3. The molecule has 19 heavy (non-hydrogen) atoms. The second-order valence-corrected chi connectivity index (χ2v) is 6.18. The summed E-state index contributed by atoms with van der Waals surface area (Å²) in [5, 5.41) is 14.4. The Kier molecular flexibility index (Phi) is 4.00. The largest absolute Gasteiger partial charge is 0.387 e. The number of piperidine rings is 1. The number of quaternary nitrogens is 1. The monoisotopic (exact) mass is 283 g/mol. The first-order chi connectivity index (χ1) is 9.24. The molecule has 5 nitrogen and oxygen atoms in total. The fourth-order valence-electron chi connectivity index (χ4n) is 3.21. The van der Waals surface area contributed by atoms with E-state index in [1.165, 1.54) is 24.2 Å². The summed E-state index contributed by atoms with van der Waals surface area (Å²) in [4.78, 5) is 1.39. The Balaban J connectivity index is 1.76. The lowest BCUT2D eigenvalue weighted by Gasteiger charge is -2.26. The summed E-state index contributed by atoms with van der Waals surface area (Å²) in [6.07, 6.45) is 6.64. The van der Waals surface area contributed by atoms with Gasteiger partial charge >= 0.3 is 0 Å². The molecule has 2 N–H and O–H groups in total. The molecule has 6 heteroatoms. The van der Waals surface area contributed by atoms with Crippen LogP contribution in [0.2, 0.25) is 0 Å². The maximum Gasteiger partial charge on any atom is 0.202 e. The molecule has 0 saturated carbocycles. The third-order valence-electron chi connectivity index (χ3n) is 4.25. The predicted molar refractivity (Wildman–Crippen MR) is 74.5 cm³/mol. The van der Waals surface area contributed by atoms with E-state index in [0.29, 0.717) is 0 Å². The summed E-state index contributed by atoms with van der Waals surface area (Å²) in [6, 6.07) is 0. The third kappa shape index (κ3) is 2.90. The number of aliphatic hydroxyl groups excluding tert-OH is 1. The van der Waals surface area contributed by atoms with E-state index in [0.717, 1.165) is 56.2 Å². The summed E-state index contributed by atoms with van der Waals surface area (Å²) >= 11 is 5.56. The van der Waals surface area contributed by atoms with Crippen molar-refractivity contribution in [3.05, 3.63) is 10.6 Å². The average molecular weight is 283 g/mol. The molecule has 3 heterocycles. The van der Waals surface area contributed by atoms with Gasteiger partial charge in [0.25, 0.3) is 0 Å². The van der Waals surface area contributed by atoms with Crippen molar-refractivity contribution in [2.45, 2.75) is 57.8 Å². The number of rotatable bonds is 2. The van der Waals surface area contributed by atoms with Crippen molar-refractivity contribution in [2.24, 2.45) is 0 Å². The van der Waals surface area contributed by atoms with Crippen LogP contribution in [0.4, 0.5) is 0 Å². The lowest BCUT2D eigenvalue weighted by molar-refractivity contribution is -0.931. The van der Waals surface area contributed by atoms with Crippen molar-refractivity contribution in [2.75, 3.05) is 13.1 Å². The molecule has 1 saturated heterocycles. The smallest absolute Gasteiger partial charge is 0.202 e. The van der Waals surface area contributed by atoms with E-state index >= 15 is 0 Å². The molecule has 2 atom stereocenters. The van der Waals surface area contributed by atoms with Gasteiger partial charge in [-0.05, 0) is 37.9 Å². The van der Waals surface area contributed by atoms with Gasteiger partial charge in [0.2, 0.25) is 4.77 Å². The van der Waals surface area contributed by atoms with Gasteiger partial charge in [0.05, 0.1) is 6.54 Å². The van der Waals surface area contributed by atoms with Crippen LogP contribution in [0.5, 0.6) is 0 Å². The number of hydrogen-bond acceptors (Lipinski definition) is 3. The molecule has 0 bridgehead atoms. The Morgan fingerprint density at radius 2 is 2.21 bits per heavy atom. The molecule has 0 amide bonds. The molecule has 1 aromatic rings. The number of aliphatic hydroxyl groups is 1. The fourth-order valence-corrected chi connectivity index (χ4v) is 3.51. The molecule has 0 aromatic carbocycles. The Bertz CT molecular complexity index is 495. The summed E-state index contributed by atoms with van der Waals surface area (Å²) < 4.78 is 5.05. The van der Waals surface area contributed by atoms with Gasteiger partial charge < -0.3 is 14.6 Å². The van der Waals surface area contributed by atoms with E-state index in [1.54, 1.807) is 0 Å². The van der Waals surface area contributed by atoms with Gasteiger partial charge in [-0.15, -0.1) is 0 Å². The summed E-state index contributed by atoms with van der Waals surface area (Å²) in [6.45, 7) is 3.76. The third-order valence-corrected chi connectivity index (χ3v) is 4.68. The van der Waals surface area contributed by atoms with Crippen molar-refractivity contribution in [1.29, 1.82) is 0 Å². The van der Waals surface area contributed by atoms with Crippen LogP contribution in [0.25, 0.3) is 0 Å². The first-order valence-electron chi connectivity index (χ1n) is 7.42. The molecular weight excluding hydrogens is 260 g/mol. The zero-order chi connectivity index (χ0) is 13.2. The first kappa shape index (κ1) is 13.3. The highest BCUT2D eigenvalue weighted by Crippen LogP contribution is 2.13. The SMILES string of the molecule is O[C@@H]1CCC[NH+](Cn2nc3n(c2=S)CCCCC3)C1. The summed E-state index contributed by atoms with van der Waals surface area (Å²) in [5.74, 6) is 1.15. The molecule has 2 aliphatic heterocycles. The molecule has 0 spiro atoms. The van der Waals surface area contributed by atoms with Crippen LogP contribution in [0, 0.1) is 4.77 Å². The van der Waals surface area contributed by atoms with Crippen LogP contribution in [0.3, 0.4) is 0 Å². The van der Waals surface area contributed by atoms with Crippen LogP contribution in [-0.4, -0.2) is 38.6 Å². The van der Waals surface area contributed by atoms with Crippen LogP contribution >= 0.6 is 12.2 Å². The van der Waals surface area contributed by atoms with Gasteiger partial charge in [0.15, 0.2) is 6.67 Å². The van der Waals surface area contributed by atoms with E-state index in [1.807, 2.05) is 4.68 Å². The molecule has 1 aromatic heterocycles. The maximum absolute atomic E-state index is 9.74. The highest BCUT2D eigenvalue weighted by atomic mass is 32.1. The molecule has 2 aliphatic rings. The number of likely N-dealkylation sites (tertiary alicyclic amines) is 1. The number of fused-ring (bicyclic) bond motifs is 1. The van der Waals surface area contributed by atoms with Gasteiger partial charge in [-0.2, -0.15) is 9.78 Å². The van der Waals surface area contributed by atoms with Gasteiger partial charge in [-0.25, -0.2) is 0 Å². The van der Waals surface area contributed by atoms with Crippen LogP contribution in [0.1, 0.15) is 37.9 Å². The van der Waals surface area contributed by atoms with Gasteiger partial charge in [0.1, 0.15) is 18.5 Å². The van der Waals surface area contributed by atoms with Crippen LogP contribution in [-0.2, 0) is 19.6 Å². The molecule has 1 unspecified atom stereocenters. The molecule has 106 valence electrons.